The average Bonchev–Trinajstić information content (AvgIpc) is 3.07. The van der Waals surface area contributed by atoms with E-state index in [1.54, 1.807) is 0 Å². The van der Waals surface area contributed by atoms with Crippen LogP contribution in [0.2, 0.25) is 0 Å². The first kappa shape index (κ1) is 23.6. The maximum Gasteiger partial charge on any atom is 0.0612 e. The van der Waals surface area contributed by atoms with Crippen molar-refractivity contribution in [3.63, 3.8) is 0 Å². The Labute approximate surface area is 193 Å². The van der Waals surface area contributed by atoms with Crippen LogP contribution in [-0.2, 0) is 0 Å². The summed E-state index contributed by atoms with van der Waals surface area (Å²) in [5.74, 6) is 6.33. The minimum atomic E-state index is -0.180. The summed E-state index contributed by atoms with van der Waals surface area (Å²) in [4.78, 5) is 0. The van der Waals surface area contributed by atoms with Crippen molar-refractivity contribution in [2.75, 3.05) is 0 Å². The topological polar surface area (TPSA) is 20.2 Å². The van der Waals surface area contributed by atoms with Crippen LogP contribution >= 0.6 is 0 Å². The van der Waals surface area contributed by atoms with E-state index in [0.717, 1.165) is 41.9 Å². The van der Waals surface area contributed by atoms with E-state index in [9.17, 15) is 5.11 Å². The Hall–Kier alpha value is -0.520. The van der Waals surface area contributed by atoms with Crippen LogP contribution in [0, 0.1) is 58.2 Å². The van der Waals surface area contributed by atoms with E-state index in [2.05, 4.69) is 53.0 Å². The number of aliphatic hydroxyl groups is 1. The van der Waals surface area contributed by atoms with E-state index in [1.165, 1.54) is 64.2 Å². The zero-order chi connectivity index (χ0) is 22.4. The monoisotopic (exact) mass is 426 g/mol. The van der Waals surface area contributed by atoms with Crippen molar-refractivity contribution in [2.45, 2.75) is 111 Å². The number of hydrogen-bond acceptors (Lipinski definition) is 1. The Kier molecular flexibility index (Phi) is 6.88. The van der Waals surface area contributed by atoms with Crippen LogP contribution in [0.15, 0.2) is 18.4 Å². The van der Waals surface area contributed by atoms with Gasteiger partial charge in [0.25, 0.3) is 0 Å². The SMILES string of the molecule is C=C=CC1[C@@H](O)CC[C@@]2(C)[C@H]1CC[C@@H]1[C@@H]2CC[C@]2(C)[C@@H]([C@H](C)CCCC(C)C)CC[C@@H]12. The lowest BCUT2D eigenvalue weighted by Crippen LogP contribution is -2.56. The Morgan fingerprint density at radius 1 is 0.903 bits per heavy atom. The quantitative estimate of drug-likeness (QED) is 0.426. The van der Waals surface area contributed by atoms with Crippen molar-refractivity contribution >= 4 is 0 Å². The molecule has 1 N–H and O–H groups in total. The van der Waals surface area contributed by atoms with E-state index in [0.29, 0.717) is 16.7 Å². The highest BCUT2D eigenvalue weighted by Crippen LogP contribution is 2.69. The lowest BCUT2D eigenvalue weighted by Gasteiger charge is -2.62. The lowest BCUT2D eigenvalue weighted by atomic mass is 9.43. The summed E-state index contributed by atoms with van der Waals surface area (Å²) in [6.07, 6.45) is 16.9. The molecule has 176 valence electrons. The largest absolute Gasteiger partial charge is 0.392 e. The van der Waals surface area contributed by atoms with Gasteiger partial charge >= 0.3 is 0 Å². The zero-order valence-electron chi connectivity index (χ0n) is 21.2. The first-order valence-corrected chi connectivity index (χ1v) is 13.8. The predicted molar refractivity (Wildman–Crippen MR) is 132 cm³/mol. The molecule has 4 aliphatic rings. The van der Waals surface area contributed by atoms with Gasteiger partial charge < -0.3 is 5.11 Å². The van der Waals surface area contributed by atoms with Gasteiger partial charge in [-0.15, -0.1) is 5.73 Å². The first-order valence-electron chi connectivity index (χ1n) is 13.8. The highest BCUT2D eigenvalue weighted by atomic mass is 16.3. The molecular formula is C30H50O. The van der Waals surface area contributed by atoms with Crippen LogP contribution in [0.4, 0.5) is 0 Å². The summed E-state index contributed by atoms with van der Waals surface area (Å²) in [7, 11) is 0. The third kappa shape index (κ3) is 4.01. The Morgan fingerprint density at radius 2 is 1.58 bits per heavy atom. The minimum Gasteiger partial charge on any atom is -0.392 e. The number of rotatable bonds is 6. The van der Waals surface area contributed by atoms with Gasteiger partial charge in [0.15, 0.2) is 0 Å². The molecule has 1 heteroatoms. The normalized spacial score (nSPS) is 47.8. The van der Waals surface area contributed by atoms with E-state index in [-0.39, 0.29) is 12.0 Å². The van der Waals surface area contributed by atoms with Crippen LogP contribution in [0.1, 0.15) is 105 Å². The molecule has 0 aliphatic heterocycles. The highest BCUT2D eigenvalue weighted by molar-refractivity contribution is 5.12. The fourth-order valence-electron chi connectivity index (χ4n) is 9.80. The third-order valence-corrected chi connectivity index (χ3v) is 11.3. The minimum absolute atomic E-state index is 0.180. The van der Waals surface area contributed by atoms with Gasteiger partial charge in [-0.1, -0.05) is 60.5 Å². The molecule has 0 spiro atoms. The second-order valence-corrected chi connectivity index (χ2v) is 13.2. The van der Waals surface area contributed by atoms with Crippen LogP contribution < -0.4 is 0 Å². The molecule has 4 saturated carbocycles. The van der Waals surface area contributed by atoms with E-state index in [1.807, 2.05) is 0 Å². The van der Waals surface area contributed by atoms with Gasteiger partial charge in [-0.05, 0) is 110 Å². The van der Waals surface area contributed by atoms with Crippen LogP contribution in [-0.4, -0.2) is 11.2 Å². The molecule has 0 radical (unpaired) electrons. The molecule has 0 amide bonds. The smallest absolute Gasteiger partial charge is 0.0612 e. The molecule has 0 bridgehead atoms. The van der Waals surface area contributed by atoms with Crippen molar-refractivity contribution in [1.29, 1.82) is 0 Å². The number of hydrogen-bond donors (Lipinski definition) is 1. The van der Waals surface area contributed by atoms with Crippen LogP contribution in [0.3, 0.4) is 0 Å². The van der Waals surface area contributed by atoms with Gasteiger partial charge in [-0.3, -0.25) is 0 Å². The lowest BCUT2D eigenvalue weighted by molar-refractivity contribution is -0.144. The molecular weight excluding hydrogens is 376 g/mol. The molecule has 0 aromatic rings. The summed E-state index contributed by atoms with van der Waals surface area (Å²) < 4.78 is 0. The summed E-state index contributed by atoms with van der Waals surface area (Å²) >= 11 is 0. The van der Waals surface area contributed by atoms with E-state index < -0.39 is 0 Å². The van der Waals surface area contributed by atoms with Crippen molar-refractivity contribution < 1.29 is 5.11 Å². The summed E-state index contributed by atoms with van der Waals surface area (Å²) in [6, 6.07) is 0. The summed E-state index contributed by atoms with van der Waals surface area (Å²) in [6.45, 7) is 16.5. The fraction of sp³-hybridized carbons (Fsp3) is 0.900. The summed E-state index contributed by atoms with van der Waals surface area (Å²) in [5, 5.41) is 10.7. The van der Waals surface area contributed by atoms with Gasteiger partial charge in [0.2, 0.25) is 0 Å². The van der Waals surface area contributed by atoms with Gasteiger partial charge in [-0.25, -0.2) is 0 Å². The molecule has 4 aliphatic carbocycles. The second-order valence-electron chi connectivity index (χ2n) is 13.2. The second kappa shape index (κ2) is 9.02. The molecule has 0 aromatic heterocycles. The molecule has 0 aromatic carbocycles. The van der Waals surface area contributed by atoms with E-state index >= 15 is 0 Å². The van der Waals surface area contributed by atoms with E-state index in [4.69, 9.17) is 0 Å². The maximum absolute atomic E-state index is 10.7. The van der Waals surface area contributed by atoms with Crippen LogP contribution in [0.25, 0.3) is 0 Å². The molecule has 10 atom stereocenters. The average molecular weight is 427 g/mol. The molecule has 0 heterocycles. The standard InChI is InChI=1S/C30H50O/c1-7-9-23-26-13-12-22-25-15-14-24(21(4)11-8-10-20(2)3)29(25,5)18-16-27(22)30(26,6)19-17-28(23)31/h9,20-28,31H,1,8,10-19H2,2-6H3/t21-,22+,23?,24-,25+,26+,27+,28+,29-,30+/m1/s1. The zero-order valence-corrected chi connectivity index (χ0v) is 21.2. The van der Waals surface area contributed by atoms with Gasteiger partial charge in [0.05, 0.1) is 6.10 Å². The van der Waals surface area contributed by atoms with Crippen molar-refractivity contribution in [2.24, 2.45) is 58.2 Å². The molecule has 1 nitrogen and oxygen atoms in total. The maximum atomic E-state index is 10.7. The Balaban J connectivity index is 1.50. The van der Waals surface area contributed by atoms with Gasteiger partial charge in [0.1, 0.15) is 0 Å². The van der Waals surface area contributed by atoms with Gasteiger partial charge in [0, 0.05) is 5.92 Å². The number of aliphatic hydroxyl groups excluding tert-OH is 1. The molecule has 4 fully saturated rings. The van der Waals surface area contributed by atoms with Crippen LogP contribution in [0.5, 0.6) is 0 Å². The van der Waals surface area contributed by atoms with Crippen molar-refractivity contribution in [1.82, 2.24) is 0 Å². The third-order valence-electron chi connectivity index (χ3n) is 11.3. The Bertz CT molecular complexity index is 674. The first-order chi connectivity index (χ1) is 14.7. The molecule has 31 heavy (non-hydrogen) atoms. The predicted octanol–water partition coefficient (Wildman–Crippen LogP) is 8.04. The molecule has 4 rings (SSSR count). The Morgan fingerprint density at radius 3 is 2.29 bits per heavy atom. The van der Waals surface area contributed by atoms with Crippen molar-refractivity contribution in [3.8, 4) is 0 Å². The fourth-order valence-corrected chi connectivity index (χ4v) is 9.80. The highest BCUT2D eigenvalue weighted by Gasteiger charge is 2.61. The van der Waals surface area contributed by atoms with Crippen molar-refractivity contribution in [3.05, 3.63) is 18.4 Å². The van der Waals surface area contributed by atoms with Gasteiger partial charge in [-0.2, -0.15) is 0 Å². The number of fused-ring (bicyclic) bond motifs is 5. The summed E-state index contributed by atoms with van der Waals surface area (Å²) in [5.41, 5.74) is 4.02. The molecule has 0 saturated heterocycles. The molecule has 1 unspecified atom stereocenters.